The van der Waals surface area contributed by atoms with E-state index in [1.807, 2.05) is 24.3 Å². The van der Waals surface area contributed by atoms with Crippen LogP contribution in [0.15, 0.2) is 54.3 Å². The molecule has 2 aromatic rings. The molecule has 0 atom stereocenters. The van der Waals surface area contributed by atoms with Gasteiger partial charge < -0.3 is 19.1 Å². The highest BCUT2D eigenvalue weighted by Crippen LogP contribution is 2.32. The number of rotatable bonds is 8. The molecule has 178 valence electrons. The molecule has 9 nitrogen and oxygen atoms in total. The van der Waals surface area contributed by atoms with E-state index < -0.39 is 6.09 Å². The number of hydrogen-bond acceptors (Lipinski definition) is 7. The molecule has 0 unspecified atom stereocenters. The van der Waals surface area contributed by atoms with Crippen LogP contribution in [-0.4, -0.2) is 51.2 Å². The van der Waals surface area contributed by atoms with E-state index in [0.717, 1.165) is 11.1 Å². The maximum absolute atomic E-state index is 13.3. The number of ether oxygens (including phenoxy) is 3. The topological polar surface area (TPSA) is 118 Å². The third kappa shape index (κ3) is 5.61. The van der Waals surface area contributed by atoms with Crippen molar-refractivity contribution < 1.29 is 28.6 Å². The number of anilines is 1. The molecular formula is C25H27N3O6. The molecule has 1 aliphatic heterocycles. The molecule has 2 aromatic carbocycles. The summed E-state index contributed by atoms with van der Waals surface area (Å²) in [6, 6.07) is 14.2. The lowest BCUT2D eigenvalue weighted by Crippen LogP contribution is -2.30. The predicted octanol–water partition coefficient (Wildman–Crippen LogP) is 3.27. The van der Waals surface area contributed by atoms with Crippen LogP contribution in [0.4, 0.5) is 10.5 Å². The van der Waals surface area contributed by atoms with Gasteiger partial charge in [-0.3, -0.25) is 20.3 Å². The first-order chi connectivity index (χ1) is 16.4. The monoisotopic (exact) mass is 465 g/mol. The Hall–Kier alpha value is -4.14. The molecule has 0 fully saturated rings. The van der Waals surface area contributed by atoms with Gasteiger partial charge in [-0.2, -0.15) is 0 Å². The number of amides is 2. The van der Waals surface area contributed by atoms with Crippen LogP contribution in [0.25, 0.3) is 5.57 Å². The maximum Gasteiger partial charge on any atom is 0.412 e. The van der Waals surface area contributed by atoms with Crippen LogP contribution < -0.4 is 10.2 Å². The van der Waals surface area contributed by atoms with Crippen LogP contribution in [-0.2, 0) is 30.2 Å². The largest absolute Gasteiger partial charge is 0.498 e. The minimum atomic E-state index is -0.728. The van der Waals surface area contributed by atoms with Crippen LogP contribution in [0, 0.1) is 5.41 Å². The van der Waals surface area contributed by atoms with Gasteiger partial charge in [0.1, 0.15) is 11.6 Å². The van der Waals surface area contributed by atoms with Gasteiger partial charge in [-0.15, -0.1) is 0 Å². The van der Waals surface area contributed by atoms with Gasteiger partial charge in [0.25, 0.3) is 5.91 Å². The number of nitrogens with one attached hydrogen (secondary N) is 2. The summed E-state index contributed by atoms with van der Waals surface area (Å²) in [6.07, 6.45) is 0.130. The number of alkyl carbamates (subject to hydrolysis) is 1. The molecule has 0 radical (unpaired) electrons. The number of aryl methyl sites for hydroxylation is 1. The van der Waals surface area contributed by atoms with Crippen LogP contribution in [0.5, 0.6) is 0 Å². The van der Waals surface area contributed by atoms with E-state index in [-0.39, 0.29) is 24.3 Å². The Balaban J connectivity index is 1.72. The van der Waals surface area contributed by atoms with Crippen molar-refractivity contribution in [3.63, 3.8) is 0 Å². The van der Waals surface area contributed by atoms with Crippen molar-refractivity contribution >= 4 is 35.1 Å². The smallest absolute Gasteiger partial charge is 0.412 e. The van der Waals surface area contributed by atoms with Crippen LogP contribution in [0.2, 0.25) is 0 Å². The molecule has 1 heterocycles. The standard InChI is InChI=1S/C25H27N3O6/c1-4-34-21(29)14-7-16-5-8-17(9-6-16)22-20(32-2)15-28(24(22)30)19-12-10-18(11-13-19)23(26)27-25(31)33-3/h5-6,8-13H,4,7,14-15H2,1-3H3,(H2,26,27,31). The second kappa shape index (κ2) is 11.1. The molecule has 0 aliphatic carbocycles. The number of benzene rings is 2. The fourth-order valence-electron chi connectivity index (χ4n) is 3.56. The average Bonchev–Trinajstić information content (AvgIpc) is 3.19. The quantitative estimate of drug-likeness (QED) is 0.351. The Kier molecular flexibility index (Phi) is 8.02. The Morgan fingerprint density at radius 1 is 1.06 bits per heavy atom. The first kappa shape index (κ1) is 24.5. The zero-order valence-corrected chi connectivity index (χ0v) is 19.3. The van der Waals surface area contributed by atoms with Gasteiger partial charge in [-0.1, -0.05) is 24.3 Å². The minimum Gasteiger partial charge on any atom is -0.498 e. The van der Waals surface area contributed by atoms with Crippen molar-refractivity contribution in [2.75, 3.05) is 32.3 Å². The van der Waals surface area contributed by atoms with Gasteiger partial charge in [0, 0.05) is 17.7 Å². The summed E-state index contributed by atoms with van der Waals surface area (Å²) in [7, 11) is 2.75. The minimum absolute atomic E-state index is 0.106. The van der Waals surface area contributed by atoms with E-state index in [1.165, 1.54) is 14.2 Å². The number of carbonyl (C=O) groups is 3. The van der Waals surface area contributed by atoms with Gasteiger partial charge in [-0.05, 0) is 48.7 Å². The Bertz CT molecular complexity index is 1110. The van der Waals surface area contributed by atoms with Crippen molar-refractivity contribution in [3.05, 3.63) is 71.0 Å². The average molecular weight is 466 g/mol. The molecule has 34 heavy (non-hydrogen) atoms. The first-order valence-electron chi connectivity index (χ1n) is 10.8. The number of carbonyl (C=O) groups excluding carboxylic acids is 3. The van der Waals surface area contributed by atoms with E-state index in [0.29, 0.717) is 42.0 Å². The zero-order chi connectivity index (χ0) is 24.7. The summed E-state index contributed by atoms with van der Waals surface area (Å²) in [4.78, 5) is 37.7. The Morgan fingerprint density at radius 2 is 1.74 bits per heavy atom. The lowest BCUT2D eigenvalue weighted by molar-refractivity contribution is -0.143. The number of methoxy groups -OCH3 is 2. The summed E-state index contributed by atoms with van der Waals surface area (Å²) >= 11 is 0. The normalized spacial score (nSPS) is 13.0. The van der Waals surface area contributed by atoms with Crippen molar-refractivity contribution in [2.24, 2.45) is 0 Å². The van der Waals surface area contributed by atoms with Crippen LogP contribution in [0.1, 0.15) is 30.0 Å². The number of nitrogens with zero attached hydrogens (tertiary/aromatic N) is 1. The molecule has 0 saturated heterocycles. The predicted molar refractivity (Wildman–Crippen MR) is 126 cm³/mol. The molecule has 2 amide bonds. The lowest BCUT2D eigenvalue weighted by Gasteiger charge is -2.17. The van der Waals surface area contributed by atoms with E-state index in [4.69, 9.17) is 14.9 Å². The molecule has 3 rings (SSSR count). The fraction of sp³-hybridized carbons (Fsp3) is 0.280. The maximum atomic E-state index is 13.3. The molecule has 0 saturated carbocycles. The molecular weight excluding hydrogens is 438 g/mol. The van der Waals surface area contributed by atoms with Crippen molar-refractivity contribution in [1.29, 1.82) is 5.41 Å². The third-order valence-electron chi connectivity index (χ3n) is 5.33. The Labute approximate surface area is 197 Å². The molecule has 2 N–H and O–H groups in total. The van der Waals surface area contributed by atoms with Crippen molar-refractivity contribution in [3.8, 4) is 0 Å². The summed E-state index contributed by atoms with van der Waals surface area (Å²) in [6.45, 7) is 2.41. The van der Waals surface area contributed by atoms with E-state index >= 15 is 0 Å². The highest BCUT2D eigenvalue weighted by molar-refractivity contribution is 6.29. The zero-order valence-electron chi connectivity index (χ0n) is 19.3. The fourth-order valence-corrected chi connectivity index (χ4v) is 3.56. The number of esters is 1. The van der Waals surface area contributed by atoms with Gasteiger partial charge in [0.05, 0.1) is 32.9 Å². The summed E-state index contributed by atoms with van der Waals surface area (Å²) < 4.78 is 15.0. The van der Waals surface area contributed by atoms with Gasteiger partial charge in [0.2, 0.25) is 0 Å². The molecule has 0 aromatic heterocycles. The molecule has 1 aliphatic rings. The molecule has 0 spiro atoms. The molecule has 9 heteroatoms. The number of hydrogen-bond donors (Lipinski definition) is 2. The van der Waals surface area contributed by atoms with Gasteiger partial charge in [0.15, 0.2) is 0 Å². The summed E-state index contributed by atoms with van der Waals surface area (Å²) in [5.41, 5.74) is 3.28. The van der Waals surface area contributed by atoms with Crippen LogP contribution in [0.3, 0.4) is 0 Å². The van der Waals surface area contributed by atoms with E-state index in [9.17, 15) is 14.4 Å². The second-order valence-electron chi connectivity index (χ2n) is 7.43. The van der Waals surface area contributed by atoms with Crippen molar-refractivity contribution in [1.82, 2.24) is 5.32 Å². The highest BCUT2D eigenvalue weighted by atomic mass is 16.5. The summed E-state index contributed by atoms with van der Waals surface area (Å²) in [5.74, 6) is 0.00507. The third-order valence-corrected chi connectivity index (χ3v) is 5.33. The van der Waals surface area contributed by atoms with E-state index in [1.54, 1.807) is 36.1 Å². The Morgan fingerprint density at radius 3 is 2.32 bits per heavy atom. The second-order valence-corrected chi connectivity index (χ2v) is 7.43. The van der Waals surface area contributed by atoms with E-state index in [2.05, 4.69) is 10.1 Å². The van der Waals surface area contributed by atoms with Gasteiger partial charge in [-0.25, -0.2) is 4.79 Å². The number of amidine groups is 1. The summed E-state index contributed by atoms with van der Waals surface area (Å²) in [5, 5.41) is 10.2. The van der Waals surface area contributed by atoms with Crippen LogP contribution >= 0.6 is 0 Å². The van der Waals surface area contributed by atoms with Gasteiger partial charge >= 0.3 is 12.1 Å². The lowest BCUT2D eigenvalue weighted by atomic mass is 10.0. The highest BCUT2D eigenvalue weighted by Gasteiger charge is 2.33. The van der Waals surface area contributed by atoms with Crippen molar-refractivity contribution in [2.45, 2.75) is 19.8 Å². The first-order valence-corrected chi connectivity index (χ1v) is 10.8. The SMILES string of the molecule is CCOC(=O)CCc1ccc(C2=C(OC)CN(c3ccc(C(=N)NC(=O)OC)cc3)C2=O)cc1. The molecule has 0 bridgehead atoms.